The number of nitrogens with two attached hydrogens (primary N) is 1. The molecule has 7 aliphatic rings. The van der Waals surface area contributed by atoms with Gasteiger partial charge in [0.2, 0.25) is 53.4 Å². The molecular weight excluding hydrogens is 1670 g/mol. The van der Waals surface area contributed by atoms with Gasteiger partial charge in [0.25, 0.3) is 11.6 Å². The van der Waals surface area contributed by atoms with Crippen LogP contribution in [0.3, 0.4) is 0 Å². The average Bonchev–Trinajstić information content (AvgIpc) is 0.763. The molecular formula is C81H89Cl2N13O28. The second kappa shape index (κ2) is 37.5. The number of carbonyl (C=O) groups excluding carboxylic acids is 8. The van der Waals surface area contributed by atoms with Crippen molar-refractivity contribution < 1.29 is 128 Å². The first-order valence-electron chi connectivity index (χ1n) is 38.7. The Bertz CT molecular complexity index is 5430. The Kier molecular flexibility index (Phi) is 27.5. The van der Waals surface area contributed by atoms with Gasteiger partial charge in [-0.2, -0.15) is 4.98 Å². The van der Waals surface area contributed by atoms with Crippen LogP contribution in [0.25, 0.3) is 11.1 Å². The van der Waals surface area contributed by atoms with Crippen LogP contribution in [0.4, 0.5) is 11.5 Å². The smallest absolute Gasteiger partial charge is 0.349 e. The van der Waals surface area contributed by atoms with Crippen molar-refractivity contribution in [3.63, 3.8) is 0 Å². The Labute approximate surface area is 713 Å². The van der Waals surface area contributed by atoms with E-state index >= 15 is 14.4 Å². The molecule has 0 aliphatic carbocycles. The van der Waals surface area contributed by atoms with Gasteiger partial charge in [-0.05, 0) is 142 Å². The molecule has 7 aromatic rings. The molecule has 2 fully saturated rings. The number of nitrogens with one attached hydrogen (secondary N) is 9. The highest BCUT2D eigenvalue weighted by Crippen LogP contribution is 2.50. The van der Waals surface area contributed by atoms with E-state index in [0.29, 0.717) is 0 Å². The number of aliphatic carboxylic acids is 1. The molecule has 21 N–H and O–H groups in total. The van der Waals surface area contributed by atoms with Gasteiger partial charge in [0, 0.05) is 70.7 Å². The first kappa shape index (κ1) is 91.0. The molecule has 41 nitrogen and oxygen atoms in total. The predicted octanol–water partition coefficient (Wildman–Crippen LogP) is 1.77. The van der Waals surface area contributed by atoms with Gasteiger partial charge in [0.1, 0.15) is 95.3 Å². The van der Waals surface area contributed by atoms with E-state index in [2.05, 4.69) is 52.8 Å². The van der Waals surface area contributed by atoms with E-state index in [1.807, 2.05) is 0 Å². The monoisotopic (exact) mass is 1760 g/mol. The number of carboxylic acids is 1. The summed E-state index contributed by atoms with van der Waals surface area (Å²) in [5.41, 5.74) is 0.796. The Hall–Kier alpha value is -12.2. The lowest BCUT2D eigenvalue weighted by Crippen LogP contribution is -2.65. The number of carbonyl (C=O) groups is 9. The molecule has 124 heavy (non-hydrogen) atoms. The van der Waals surface area contributed by atoms with Crippen molar-refractivity contribution in [2.45, 2.75) is 177 Å². The number of aryl methyl sites for hydroxylation is 2. The summed E-state index contributed by atoms with van der Waals surface area (Å²) in [6.45, 7) is 8.37. The quantitative estimate of drug-likeness (QED) is 0.0382. The lowest BCUT2D eigenvalue weighted by atomic mass is 9.85. The number of carboxylic acid groups (broad SMARTS) is 1. The van der Waals surface area contributed by atoms with E-state index in [4.69, 9.17) is 57.4 Å². The molecule has 43 heteroatoms. The predicted molar refractivity (Wildman–Crippen MR) is 432 cm³/mol. The maximum Gasteiger partial charge on any atom is 0.349 e. The fourth-order valence-electron chi connectivity index (χ4n) is 15.3. The van der Waals surface area contributed by atoms with Crippen molar-refractivity contribution in [1.82, 2.24) is 52.1 Å². The Balaban J connectivity index is 0.989. The van der Waals surface area contributed by atoms with E-state index in [1.54, 1.807) is 20.8 Å². The molecule has 18 atom stereocenters. The Morgan fingerprint density at radius 1 is 0.742 bits per heavy atom. The number of benzene rings is 6. The molecule has 2 saturated heterocycles. The standard InChI is InChI=1S/C81H89Cl2N13O28/c1-31(2)18-45(85-7)72(108)93-61-64(102)36-9-12-49(43(82)22-36)120-51-24-38-25-52(68(51)124-79-69(67(105)66(104)53(30-97)122-79)123-56-29-81(6,70(106)34(5)119-56)86-15-17-95-16-14-55(89-80(95)116)88-71(107)39-19-32(3)63(96(117)118)33(4)20-39)121-50-13-10-37(23-44(50)83)65(103)62-77(113)92-60(78(114)115)42-26-40(98)27-48(100)57(42)41-21-35(8-11-47(41)99)58(74(110)94-62)91-75(111)59(38)90-73(109)46(28-54(84)101)87-76(61)112/h8-14,16,19-27,31,34,45-46,53,56,58-62,64-67,69-70,79,85-86,97-100,102-106H,15,17-18,28-30H2,1-7H3,(H2,84,101)(H,87,112)(H,90,109)(H,91,111)(H,92,113)(H,93,108)(H,94,110)(H,114,115)(H,88,89,107,116)/t34-,45+,46+,53+,56+,58+,59?,60-,61-,62-,64-,65-,66-,67-,69-,70+,79?,81?/m1/s1. The first-order valence-corrected chi connectivity index (χ1v) is 39.5. The molecule has 0 radical (unpaired) electrons. The number of nitrogens with zero attached hydrogens (tertiary/aromatic N) is 3. The van der Waals surface area contributed by atoms with Crippen LogP contribution in [0, 0.1) is 29.9 Å². The Morgan fingerprint density at radius 3 is 1.96 bits per heavy atom. The number of aromatic hydroxyl groups is 3. The summed E-state index contributed by atoms with van der Waals surface area (Å²) in [6, 6.07) is 2.69. The summed E-state index contributed by atoms with van der Waals surface area (Å²) in [6.07, 6.45) is -18.5. The number of aromatic nitrogens is 2. The molecule has 0 saturated carbocycles. The van der Waals surface area contributed by atoms with Gasteiger partial charge >= 0.3 is 11.7 Å². The third kappa shape index (κ3) is 19.5. The van der Waals surface area contributed by atoms with E-state index < -0.39 is 270 Å². The molecule has 0 spiro atoms. The number of phenolic OH excluding ortho intramolecular Hbond substituents is 3. The summed E-state index contributed by atoms with van der Waals surface area (Å²) in [5, 5.41) is 150. The van der Waals surface area contributed by atoms with Gasteiger partial charge in [-0.3, -0.25) is 53.0 Å². The van der Waals surface area contributed by atoms with E-state index in [0.717, 1.165) is 72.8 Å². The van der Waals surface area contributed by atoms with Crippen molar-refractivity contribution >= 4 is 87.9 Å². The second-order valence-electron chi connectivity index (χ2n) is 31.0. The molecule has 8 heterocycles. The minimum atomic E-state index is -2.41. The fourth-order valence-corrected chi connectivity index (χ4v) is 15.8. The second-order valence-corrected chi connectivity index (χ2v) is 31.8. The van der Waals surface area contributed by atoms with E-state index in [9.17, 15) is 94.7 Å². The summed E-state index contributed by atoms with van der Waals surface area (Å²) < 4.78 is 40.4. The van der Waals surface area contributed by atoms with Gasteiger partial charge < -0.3 is 133 Å². The minimum absolute atomic E-state index is 0.0644. The number of primary amides is 1. The van der Waals surface area contributed by atoms with Crippen molar-refractivity contribution in [2.75, 3.05) is 25.5 Å². The number of phenols is 3. The lowest BCUT2D eigenvalue weighted by molar-refractivity contribution is -0.386. The number of aliphatic hydroxyl groups is 6. The number of likely N-dealkylation sites (N-methyl/N-ethyl adjacent to an activating group) is 1. The third-order valence-electron chi connectivity index (χ3n) is 21.7. The van der Waals surface area contributed by atoms with Crippen molar-refractivity contribution in [2.24, 2.45) is 11.7 Å². The molecule has 14 rings (SSSR count). The summed E-state index contributed by atoms with van der Waals surface area (Å²) in [7, 11) is 1.46. The van der Waals surface area contributed by atoms with Crippen LogP contribution in [0.15, 0.2) is 108 Å². The molecule has 1 aromatic heterocycles. The number of amides is 8. The van der Waals surface area contributed by atoms with Crippen molar-refractivity contribution in [3.8, 4) is 57.1 Å². The van der Waals surface area contributed by atoms with Crippen LogP contribution in [-0.2, 0) is 59.1 Å². The highest BCUT2D eigenvalue weighted by Gasteiger charge is 2.52. The molecule has 3 unspecified atom stereocenters. The summed E-state index contributed by atoms with van der Waals surface area (Å²) >= 11 is 14.3. The van der Waals surface area contributed by atoms with Crippen LogP contribution < -0.4 is 73.5 Å². The number of aliphatic hydroxyl groups excluding tert-OH is 6. The molecule has 7 aliphatic heterocycles. The van der Waals surface area contributed by atoms with E-state index in [1.165, 1.54) is 62.8 Å². The number of halogens is 2. The maximum atomic E-state index is 16.2. The van der Waals surface area contributed by atoms with E-state index in [-0.39, 0.29) is 71.2 Å². The molecule has 660 valence electrons. The highest BCUT2D eigenvalue weighted by atomic mass is 35.5. The topological polar surface area (TPSA) is 624 Å². The number of fused-ring (bicyclic) bond motifs is 15. The zero-order valence-corrected chi connectivity index (χ0v) is 68.5. The number of rotatable bonds is 20. The highest BCUT2D eigenvalue weighted by molar-refractivity contribution is 6.32. The number of nitro groups is 1. The zero-order valence-electron chi connectivity index (χ0n) is 66.9. The number of anilines is 1. The number of nitro benzene ring substituents is 1. The van der Waals surface area contributed by atoms with Gasteiger partial charge in [0.15, 0.2) is 29.9 Å². The van der Waals surface area contributed by atoms with Crippen LogP contribution in [-0.4, -0.2) is 218 Å². The number of hydrogen-bond donors (Lipinski definition) is 20. The minimum Gasteiger partial charge on any atom is -0.508 e. The number of ether oxygens (including phenoxy) is 6. The molecule has 8 amide bonds. The summed E-state index contributed by atoms with van der Waals surface area (Å²) in [4.78, 5) is 160. The zero-order chi connectivity index (χ0) is 90.1. The average molecular weight is 1760 g/mol. The van der Waals surface area contributed by atoms with Crippen LogP contribution >= 0.6 is 23.2 Å². The lowest BCUT2D eigenvalue weighted by Gasteiger charge is -2.48. The van der Waals surface area contributed by atoms with Crippen LogP contribution in [0.2, 0.25) is 10.0 Å². The van der Waals surface area contributed by atoms with Gasteiger partial charge in [-0.25, -0.2) is 9.59 Å². The van der Waals surface area contributed by atoms with Crippen molar-refractivity contribution in [1.29, 1.82) is 0 Å². The van der Waals surface area contributed by atoms with Gasteiger partial charge in [0.05, 0.1) is 46.2 Å². The number of hydrogen-bond acceptors (Lipinski definition) is 30. The Morgan fingerprint density at radius 2 is 1.36 bits per heavy atom. The summed E-state index contributed by atoms with van der Waals surface area (Å²) in [5.74, 6) is -17.5. The SMILES string of the molecule is CN[C@@H](CC(C)C)C(=O)N[C@H]1C(=O)N[C@@H](CC(N)=O)C(=O)NC2C(=O)N[C@@H]3C(=O)N[C@@H](C(=O)N[C@@H](C(=O)O)c4cc(O)cc(O)c4-c4cc3ccc4O)[C@H](O)c3ccc(c(Cl)c3)Oc3cc2cc(c3OC2O[C@@H](CO)[C@@H](O)[C@@H](O)[C@H]2O[C@H]2CC(C)(NCCn3ccc(NC(=O)c4cc(C)c([N+](=O)[O-])c(C)c4)nc3=O)[C@@H](O)[C@@H](C)O2)Oc2ccc(cc2Cl)[C@H]1O. The van der Waals surface area contributed by atoms with Crippen LogP contribution in [0.1, 0.15) is 127 Å². The molecule has 11 bridgehead atoms. The fraction of sp³-hybridized carbons (Fsp3) is 0.395. The van der Waals surface area contributed by atoms with Crippen molar-refractivity contribution in [3.05, 3.63) is 178 Å². The normalized spacial score (nSPS) is 26.0. The maximum absolute atomic E-state index is 16.2. The van der Waals surface area contributed by atoms with Crippen LogP contribution in [0.5, 0.6) is 46.0 Å². The third-order valence-corrected chi connectivity index (χ3v) is 22.3. The largest absolute Gasteiger partial charge is 0.508 e. The van der Waals surface area contributed by atoms with Gasteiger partial charge in [-0.1, -0.05) is 55.2 Å². The first-order chi connectivity index (χ1) is 58.6. The van der Waals surface area contributed by atoms with Gasteiger partial charge in [-0.15, -0.1) is 0 Å². The molecule has 6 aromatic carbocycles.